The van der Waals surface area contributed by atoms with Gasteiger partial charge in [-0.3, -0.25) is 4.79 Å². The molecule has 4 rings (SSSR count). The fourth-order valence-corrected chi connectivity index (χ4v) is 3.16. The average molecular weight is 311 g/mol. The lowest BCUT2D eigenvalue weighted by atomic mass is 9.98. The Bertz CT molecular complexity index is 898. The Morgan fingerprint density at radius 2 is 1.38 bits per heavy atom. The molecular formula is C22H17NO. The van der Waals surface area contributed by atoms with Crippen LogP contribution in [0.25, 0.3) is 11.6 Å². The summed E-state index contributed by atoms with van der Waals surface area (Å²) in [6.07, 6.45) is 2.17. The van der Waals surface area contributed by atoms with Gasteiger partial charge in [0.1, 0.15) is 0 Å². The monoisotopic (exact) mass is 311 g/mol. The highest BCUT2D eigenvalue weighted by Crippen LogP contribution is 2.40. The van der Waals surface area contributed by atoms with E-state index >= 15 is 0 Å². The average Bonchev–Trinajstić information content (AvgIpc) is 3.02. The summed E-state index contributed by atoms with van der Waals surface area (Å²) < 4.78 is 0. The molecule has 2 nitrogen and oxygen atoms in total. The van der Waals surface area contributed by atoms with E-state index in [1.807, 2.05) is 60.7 Å². The van der Waals surface area contributed by atoms with Gasteiger partial charge in [-0.1, -0.05) is 72.8 Å². The maximum Gasteiger partial charge on any atom is 0.252 e. The van der Waals surface area contributed by atoms with Crippen LogP contribution in [0.3, 0.4) is 0 Å². The first-order chi connectivity index (χ1) is 11.8. The minimum absolute atomic E-state index is 0.0564. The predicted molar refractivity (Wildman–Crippen MR) is 97.4 cm³/mol. The molecule has 0 radical (unpaired) electrons. The molecule has 24 heavy (non-hydrogen) atoms. The minimum Gasteiger partial charge on any atom is -0.341 e. The summed E-state index contributed by atoms with van der Waals surface area (Å²) in [6.45, 7) is 0. The summed E-state index contributed by atoms with van der Waals surface area (Å²) in [5.41, 5.74) is 5.23. The van der Waals surface area contributed by atoms with Crippen molar-refractivity contribution in [1.29, 1.82) is 0 Å². The Balaban J connectivity index is 1.71. The molecule has 0 aromatic heterocycles. The summed E-state index contributed by atoms with van der Waals surface area (Å²) in [4.78, 5) is 12.6. The molecule has 1 N–H and O–H groups in total. The molecule has 1 aliphatic carbocycles. The summed E-state index contributed by atoms with van der Waals surface area (Å²) >= 11 is 0. The van der Waals surface area contributed by atoms with E-state index in [4.69, 9.17) is 0 Å². The van der Waals surface area contributed by atoms with E-state index in [9.17, 15) is 4.79 Å². The Morgan fingerprint density at radius 3 is 2.12 bits per heavy atom. The molecule has 1 unspecified atom stereocenters. The van der Waals surface area contributed by atoms with Crippen molar-refractivity contribution in [2.45, 2.75) is 6.04 Å². The van der Waals surface area contributed by atoms with Crippen LogP contribution in [0.4, 0.5) is 0 Å². The zero-order valence-electron chi connectivity index (χ0n) is 13.1. The number of fused-ring (bicyclic) bond motifs is 1. The fourth-order valence-electron chi connectivity index (χ4n) is 3.16. The van der Waals surface area contributed by atoms with E-state index in [1.54, 1.807) is 0 Å². The fraction of sp³-hybridized carbons (Fsp3) is 0.0455. The Hall–Kier alpha value is -3.13. The first kappa shape index (κ1) is 14.5. The van der Waals surface area contributed by atoms with Crippen molar-refractivity contribution >= 4 is 17.6 Å². The molecule has 116 valence electrons. The molecule has 1 atom stereocenters. The molecule has 0 aliphatic heterocycles. The van der Waals surface area contributed by atoms with Crippen LogP contribution < -0.4 is 5.32 Å². The molecule has 3 aromatic rings. The quantitative estimate of drug-likeness (QED) is 0.745. The van der Waals surface area contributed by atoms with Crippen LogP contribution in [0.2, 0.25) is 0 Å². The molecular weight excluding hydrogens is 294 g/mol. The van der Waals surface area contributed by atoms with Crippen LogP contribution in [0, 0.1) is 0 Å². The standard InChI is InChI=1S/C22H17NO/c24-22(17-11-5-2-6-12-17)23-21-19-14-8-7-13-18(19)15-20(21)16-9-3-1-4-10-16/h1-15,21H,(H,23,24). The Morgan fingerprint density at radius 1 is 0.750 bits per heavy atom. The number of nitrogens with one attached hydrogen (secondary N) is 1. The van der Waals surface area contributed by atoms with Gasteiger partial charge in [0.2, 0.25) is 0 Å². The van der Waals surface area contributed by atoms with Gasteiger partial charge in [-0.15, -0.1) is 0 Å². The molecule has 0 heterocycles. The lowest BCUT2D eigenvalue weighted by Crippen LogP contribution is -2.28. The summed E-state index contributed by atoms with van der Waals surface area (Å²) in [5.74, 6) is -0.0564. The second-order valence-electron chi connectivity index (χ2n) is 5.87. The number of benzene rings is 3. The zero-order chi connectivity index (χ0) is 16.4. The summed E-state index contributed by atoms with van der Waals surface area (Å²) in [5, 5.41) is 3.19. The van der Waals surface area contributed by atoms with E-state index in [-0.39, 0.29) is 11.9 Å². The number of carbonyl (C=O) groups is 1. The van der Waals surface area contributed by atoms with Crippen LogP contribution in [-0.4, -0.2) is 5.91 Å². The maximum absolute atomic E-state index is 12.6. The van der Waals surface area contributed by atoms with Gasteiger partial charge in [0.15, 0.2) is 0 Å². The zero-order valence-corrected chi connectivity index (χ0v) is 13.1. The van der Waals surface area contributed by atoms with Crippen molar-refractivity contribution in [3.05, 3.63) is 107 Å². The van der Waals surface area contributed by atoms with Crippen molar-refractivity contribution in [1.82, 2.24) is 5.32 Å². The highest BCUT2D eigenvalue weighted by molar-refractivity contribution is 5.99. The van der Waals surface area contributed by atoms with Gasteiger partial charge >= 0.3 is 0 Å². The van der Waals surface area contributed by atoms with Gasteiger partial charge < -0.3 is 5.32 Å². The molecule has 1 amide bonds. The van der Waals surface area contributed by atoms with Crippen LogP contribution in [-0.2, 0) is 0 Å². The molecule has 0 saturated carbocycles. The lowest BCUT2D eigenvalue weighted by molar-refractivity contribution is 0.0946. The number of hydrogen-bond acceptors (Lipinski definition) is 1. The topological polar surface area (TPSA) is 29.1 Å². The second-order valence-corrected chi connectivity index (χ2v) is 5.87. The Kier molecular flexibility index (Phi) is 3.72. The normalized spacial score (nSPS) is 15.5. The number of amides is 1. The molecule has 0 saturated heterocycles. The highest BCUT2D eigenvalue weighted by atomic mass is 16.1. The number of carbonyl (C=O) groups excluding carboxylic acids is 1. The van der Waals surface area contributed by atoms with Crippen molar-refractivity contribution in [3.63, 3.8) is 0 Å². The predicted octanol–water partition coefficient (Wildman–Crippen LogP) is 4.71. The van der Waals surface area contributed by atoms with Gasteiger partial charge in [0.05, 0.1) is 6.04 Å². The largest absolute Gasteiger partial charge is 0.341 e. The molecule has 0 bridgehead atoms. The van der Waals surface area contributed by atoms with Crippen LogP contribution in [0.1, 0.15) is 33.1 Å². The molecule has 2 heteroatoms. The number of hydrogen-bond donors (Lipinski definition) is 1. The minimum atomic E-state index is -0.128. The third-order valence-electron chi connectivity index (χ3n) is 4.35. The van der Waals surface area contributed by atoms with E-state index in [0.717, 1.165) is 22.3 Å². The van der Waals surface area contributed by atoms with E-state index in [2.05, 4.69) is 35.7 Å². The van der Waals surface area contributed by atoms with Gasteiger partial charge in [0.25, 0.3) is 5.91 Å². The molecule has 3 aromatic carbocycles. The third kappa shape index (κ3) is 2.63. The Labute approximate surface area is 141 Å². The van der Waals surface area contributed by atoms with E-state index in [0.29, 0.717) is 5.56 Å². The van der Waals surface area contributed by atoms with Crippen molar-refractivity contribution in [2.75, 3.05) is 0 Å². The van der Waals surface area contributed by atoms with Crippen molar-refractivity contribution in [2.24, 2.45) is 0 Å². The summed E-state index contributed by atoms with van der Waals surface area (Å²) in [6, 6.07) is 27.6. The third-order valence-corrected chi connectivity index (χ3v) is 4.35. The van der Waals surface area contributed by atoms with Crippen LogP contribution >= 0.6 is 0 Å². The van der Waals surface area contributed by atoms with Gasteiger partial charge in [-0.25, -0.2) is 0 Å². The first-order valence-electron chi connectivity index (χ1n) is 8.05. The van der Waals surface area contributed by atoms with Crippen molar-refractivity contribution in [3.8, 4) is 0 Å². The molecule has 0 fully saturated rings. The van der Waals surface area contributed by atoms with Crippen LogP contribution in [0.5, 0.6) is 0 Å². The smallest absolute Gasteiger partial charge is 0.252 e. The second kappa shape index (κ2) is 6.17. The van der Waals surface area contributed by atoms with Gasteiger partial charge in [-0.2, -0.15) is 0 Å². The van der Waals surface area contributed by atoms with Crippen LogP contribution in [0.15, 0.2) is 84.9 Å². The highest BCUT2D eigenvalue weighted by Gasteiger charge is 2.27. The van der Waals surface area contributed by atoms with Gasteiger partial charge in [0, 0.05) is 5.56 Å². The SMILES string of the molecule is O=C(NC1C(c2ccccc2)=Cc2ccccc21)c1ccccc1. The molecule has 1 aliphatic rings. The maximum atomic E-state index is 12.6. The van der Waals surface area contributed by atoms with Gasteiger partial charge in [-0.05, 0) is 40.5 Å². The molecule has 0 spiro atoms. The van der Waals surface area contributed by atoms with E-state index < -0.39 is 0 Å². The first-order valence-corrected chi connectivity index (χ1v) is 8.05. The summed E-state index contributed by atoms with van der Waals surface area (Å²) in [7, 11) is 0. The number of rotatable bonds is 3. The lowest BCUT2D eigenvalue weighted by Gasteiger charge is -2.19. The van der Waals surface area contributed by atoms with E-state index in [1.165, 1.54) is 0 Å². The van der Waals surface area contributed by atoms with Crippen molar-refractivity contribution < 1.29 is 4.79 Å².